The highest BCUT2D eigenvalue weighted by Crippen LogP contribution is 2.31. The predicted molar refractivity (Wildman–Crippen MR) is 79.9 cm³/mol. The van der Waals surface area contributed by atoms with E-state index in [9.17, 15) is 0 Å². The van der Waals surface area contributed by atoms with E-state index in [4.69, 9.17) is 10.6 Å². The maximum atomic E-state index is 5.68. The normalized spacial score (nSPS) is 13.4. The minimum Gasteiger partial charge on any atom is -0.494 e. The second kappa shape index (κ2) is 7.02. The molecule has 3 N–H and O–H groups in total. The van der Waals surface area contributed by atoms with Crippen molar-refractivity contribution in [3.63, 3.8) is 0 Å². The third kappa shape index (κ3) is 4.88. The van der Waals surface area contributed by atoms with Crippen molar-refractivity contribution in [2.24, 2.45) is 5.84 Å². The van der Waals surface area contributed by atoms with Crippen LogP contribution < -0.4 is 16.0 Å². The molecule has 0 aliphatic carbocycles. The van der Waals surface area contributed by atoms with Crippen molar-refractivity contribution in [1.29, 1.82) is 0 Å². The largest absolute Gasteiger partial charge is 0.494 e. The van der Waals surface area contributed by atoms with Gasteiger partial charge in [-0.2, -0.15) is 11.8 Å². The topological polar surface area (TPSA) is 47.3 Å². The fraction of sp³-hybridized carbons (Fsp3) is 0.571. The van der Waals surface area contributed by atoms with Crippen LogP contribution in [0.15, 0.2) is 24.3 Å². The molecule has 0 bridgehead atoms. The molecule has 3 nitrogen and oxygen atoms in total. The van der Waals surface area contributed by atoms with Gasteiger partial charge in [0.15, 0.2) is 0 Å². The van der Waals surface area contributed by atoms with E-state index in [0.29, 0.717) is 6.61 Å². The zero-order valence-corrected chi connectivity index (χ0v) is 12.5. The van der Waals surface area contributed by atoms with Crippen LogP contribution in [0.2, 0.25) is 0 Å². The Labute approximate surface area is 114 Å². The number of benzene rings is 1. The first kappa shape index (κ1) is 15.3. The fourth-order valence-corrected chi connectivity index (χ4v) is 2.56. The minimum absolute atomic E-state index is 0.108. The lowest BCUT2D eigenvalue weighted by Crippen LogP contribution is -2.31. The molecule has 102 valence electrons. The average molecular weight is 268 g/mol. The van der Waals surface area contributed by atoms with E-state index in [0.717, 1.165) is 17.1 Å². The lowest BCUT2D eigenvalue weighted by Gasteiger charge is -2.24. The first-order chi connectivity index (χ1) is 8.48. The Morgan fingerprint density at radius 2 is 2.00 bits per heavy atom. The van der Waals surface area contributed by atoms with Gasteiger partial charge in [-0.3, -0.25) is 11.3 Å². The van der Waals surface area contributed by atoms with Crippen LogP contribution in [0.25, 0.3) is 0 Å². The summed E-state index contributed by atoms with van der Waals surface area (Å²) in [6.07, 6.45) is 0. The number of rotatable bonds is 6. The van der Waals surface area contributed by atoms with Gasteiger partial charge >= 0.3 is 0 Å². The molecule has 0 amide bonds. The van der Waals surface area contributed by atoms with Gasteiger partial charge in [-0.25, -0.2) is 0 Å². The number of hydrogen-bond donors (Lipinski definition) is 2. The van der Waals surface area contributed by atoms with Crippen molar-refractivity contribution in [2.75, 3.05) is 12.4 Å². The maximum Gasteiger partial charge on any atom is 0.124 e. The van der Waals surface area contributed by atoms with Gasteiger partial charge in [0.25, 0.3) is 0 Å². The summed E-state index contributed by atoms with van der Waals surface area (Å²) in [5.74, 6) is 7.52. The van der Waals surface area contributed by atoms with Crippen LogP contribution in [0.3, 0.4) is 0 Å². The summed E-state index contributed by atoms with van der Waals surface area (Å²) in [5.41, 5.74) is 4.01. The Kier molecular flexibility index (Phi) is 5.99. The zero-order chi connectivity index (χ0) is 13.6. The highest BCUT2D eigenvalue weighted by atomic mass is 32.2. The molecule has 0 aliphatic heterocycles. The molecule has 0 saturated heterocycles. The van der Waals surface area contributed by atoms with Crippen molar-refractivity contribution in [2.45, 2.75) is 38.5 Å². The van der Waals surface area contributed by atoms with Gasteiger partial charge in [0.05, 0.1) is 12.6 Å². The van der Waals surface area contributed by atoms with Gasteiger partial charge in [-0.05, 0) is 13.0 Å². The number of hydrogen-bond acceptors (Lipinski definition) is 4. The molecular weight excluding hydrogens is 244 g/mol. The molecule has 1 aromatic carbocycles. The van der Waals surface area contributed by atoms with Gasteiger partial charge < -0.3 is 4.74 Å². The molecule has 1 unspecified atom stereocenters. The van der Waals surface area contributed by atoms with Crippen LogP contribution in [0.4, 0.5) is 0 Å². The molecule has 0 heterocycles. The molecule has 0 radical (unpaired) electrons. The quantitative estimate of drug-likeness (QED) is 0.615. The number of para-hydroxylation sites is 1. The predicted octanol–water partition coefficient (Wildman–Crippen LogP) is 3.12. The molecule has 1 aromatic rings. The standard InChI is InChI=1S/C14H24N2OS/c1-5-17-13-9-7-6-8-11(13)12(16-15)10-18-14(2,3)4/h6-9,12,16H,5,10,15H2,1-4H3. The maximum absolute atomic E-state index is 5.68. The van der Waals surface area contributed by atoms with E-state index in [1.165, 1.54) is 0 Å². The number of ether oxygens (including phenoxy) is 1. The van der Waals surface area contributed by atoms with Gasteiger partial charge in [-0.15, -0.1) is 0 Å². The summed E-state index contributed by atoms with van der Waals surface area (Å²) in [6.45, 7) is 9.28. The Balaban J connectivity index is 2.81. The zero-order valence-electron chi connectivity index (χ0n) is 11.7. The number of nitrogens with two attached hydrogens (primary N) is 1. The molecular formula is C14H24N2OS. The Bertz CT molecular complexity index is 363. The van der Waals surface area contributed by atoms with Gasteiger partial charge in [0.1, 0.15) is 5.75 Å². The summed E-state index contributed by atoms with van der Waals surface area (Å²) >= 11 is 1.89. The molecule has 4 heteroatoms. The Morgan fingerprint density at radius 1 is 1.33 bits per heavy atom. The first-order valence-corrected chi connectivity index (χ1v) is 7.28. The van der Waals surface area contributed by atoms with Crippen molar-refractivity contribution in [3.8, 4) is 5.75 Å². The third-order valence-corrected chi connectivity index (χ3v) is 3.84. The highest BCUT2D eigenvalue weighted by molar-refractivity contribution is 8.00. The first-order valence-electron chi connectivity index (χ1n) is 6.29. The van der Waals surface area contributed by atoms with Crippen LogP contribution in [0.1, 0.15) is 39.3 Å². The summed E-state index contributed by atoms with van der Waals surface area (Å²) in [6, 6.07) is 8.17. The van der Waals surface area contributed by atoms with Crippen molar-refractivity contribution >= 4 is 11.8 Å². The Hall–Kier alpha value is -0.710. The number of hydrazine groups is 1. The summed E-state index contributed by atoms with van der Waals surface area (Å²) in [7, 11) is 0. The van der Waals surface area contributed by atoms with Gasteiger partial charge in [-0.1, -0.05) is 39.0 Å². The lowest BCUT2D eigenvalue weighted by atomic mass is 10.1. The van der Waals surface area contributed by atoms with E-state index < -0.39 is 0 Å². The average Bonchev–Trinajstić information content (AvgIpc) is 2.31. The van der Waals surface area contributed by atoms with E-state index in [1.807, 2.05) is 36.9 Å². The van der Waals surface area contributed by atoms with Crippen LogP contribution in [0.5, 0.6) is 5.75 Å². The number of nitrogens with one attached hydrogen (secondary N) is 1. The van der Waals surface area contributed by atoms with Crippen LogP contribution in [-0.2, 0) is 0 Å². The fourth-order valence-electron chi connectivity index (χ4n) is 1.62. The van der Waals surface area contributed by atoms with Crippen LogP contribution >= 0.6 is 11.8 Å². The van der Waals surface area contributed by atoms with E-state index in [2.05, 4.69) is 32.3 Å². The van der Waals surface area contributed by atoms with Gasteiger partial charge in [0.2, 0.25) is 0 Å². The molecule has 1 atom stereocenters. The minimum atomic E-state index is 0.108. The SMILES string of the molecule is CCOc1ccccc1C(CSC(C)(C)C)NN. The molecule has 0 saturated carbocycles. The van der Waals surface area contributed by atoms with Crippen molar-refractivity contribution in [1.82, 2.24) is 5.43 Å². The molecule has 0 aliphatic rings. The highest BCUT2D eigenvalue weighted by Gasteiger charge is 2.18. The number of thioether (sulfide) groups is 1. The van der Waals surface area contributed by atoms with Crippen molar-refractivity contribution < 1.29 is 4.74 Å². The second-order valence-corrected chi connectivity index (χ2v) is 6.96. The van der Waals surface area contributed by atoms with E-state index >= 15 is 0 Å². The second-order valence-electron chi connectivity index (χ2n) is 5.11. The van der Waals surface area contributed by atoms with Crippen LogP contribution in [-0.4, -0.2) is 17.1 Å². The smallest absolute Gasteiger partial charge is 0.124 e. The van der Waals surface area contributed by atoms with Crippen LogP contribution in [0, 0.1) is 0 Å². The summed E-state index contributed by atoms with van der Waals surface area (Å²) < 4.78 is 5.88. The summed E-state index contributed by atoms with van der Waals surface area (Å²) in [5, 5.41) is 0. The molecule has 0 spiro atoms. The molecule has 1 rings (SSSR count). The lowest BCUT2D eigenvalue weighted by molar-refractivity contribution is 0.333. The molecule has 0 aromatic heterocycles. The van der Waals surface area contributed by atoms with Crippen molar-refractivity contribution in [3.05, 3.63) is 29.8 Å². The van der Waals surface area contributed by atoms with E-state index in [1.54, 1.807) is 0 Å². The van der Waals surface area contributed by atoms with E-state index in [-0.39, 0.29) is 10.8 Å². The third-order valence-electron chi connectivity index (χ3n) is 2.48. The molecule has 0 fully saturated rings. The monoisotopic (exact) mass is 268 g/mol. The molecule has 18 heavy (non-hydrogen) atoms. The summed E-state index contributed by atoms with van der Waals surface area (Å²) in [4.78, 5) is 0. The Morgan fingerprint density at radius 3 is 2.56 bits per heavy atom. The van der Waals surface area contributed by atoms with Gasteiger partial charge in [0, 0.05) is 16.1 Å².